The summed E-state index contributed by atoms with van der Waals surface area (Å²) in [6.45, 7) is 0.798. The Labute approximate surface area is 117 Å². The molecule has 1 saturated heterocycles. The molecule has 0 atom stereocenters. The van der Waals surface area contributed by atoms with E-state index in [0.717, 1.165) is 17.4 Å². The normalized spacial score (nSPS) is 16.2. The quantitative estimate of drug-likeness (QED) is 0.802. The number of hydrogen-bond acceptors (Lipinski definition) is 4. The summed E-state index contributed by atoms with van der Waals surface area (Å²) in [6.07, 6.45) is 2.92. The number of rotatable bonds is 4. The van der Waals surface area contributed by atoms with Crippen molar-refractivity contribution in [1.29, 1.82) is 0 Å². The molecule has 7 nitrogen and oxygen atoms in total. The summed E-state index contributed by atoms with van der Waals surface area (Å²) in [5.74, 6) is -0.358. The lowest BCUT2D eigenvalue weighted by atomic mass is 10.4. The fourth-order valence-electron chi connectivity index (χ4n) is 2.10. The topological polar surface area (TPSA) is 88.5 Å². The summed E-state index contributed by atoms with van der Waals surface area (Å²) in [4.78, 5) is 23.0. The SMILES string of the molecule is CNC(=O)Cn1cc(S(=O)(=O)N2CCCC2)ccc1=O. The van der Waals surface area contributed by atoms with Gasteiger partial charge in [0.25, 0.3) is 5.56 Å². The maximum Gasteiger partial charge on any atom is 0.251 e. The van der Waals surface area contributed by atoms with Gasteiger partial charge < -0.3 is 9.88 Å². The summed E-state index contributed by atoms with van der Waals surface area (Å²) < 4.78 is 27.2. The van der Waals surface area contributed by atoms with E-state index in [1.807, 2.05) is 0 Å². The molecule has 1 aromatic rings. The Morgan fingerprint density at radius 2 is 1.95 bits per heavy atom. The Bertz CT molecular complexity index is 660. The lowest BCUT2D eigenvalue weighted by molar-refractivity contribution is -0.121. The molecular weight excluding hydrogens is 282 g/mol. The van der Waals surface area contributed by atoms with Gasteiger partial charge in [-0.3, -0.25) is 9.59 Å². The standard InChI is InChI=1S/C12H17N3O4S/c1-13-11(16)9-14-8-10(4-5-12(14)17)20(18,19)15-6-2-3-7-15/h4-5,8H,2-3,6-7,9H2,1H3,(H,13,16). The van der Waals surface area contributed by atoms with E-state index in [0.29, 0.717) is 13.1 Å². The number of likely N-dealkylation sites (N-methyl/N-ethyl adjacent to an activating group) is 1. The number of hydrogen-bond donors (Lipinski definition) is 1. The maximum atomic E-state index is 12.4. The van der Waals surface area contributed by atoms with E-state index < -0.39 is 15.6 Å². The van der Waals surface area contributed by atoms with Crippen molar-refractivity contribution in [2.75, 3.05) is 20.1 Å². The predicted molar refractivity (Wildman–Crippen MR) is 72.8 cm³/mol. The second kappa shape index (κ2) is 5.76. The van der Waals surface area contributed by atoms with E-state index >= 15 is 0 Å². The molecule has 1 aliphatic rings. The van der Waals surface area contributed by atoms with E-state index in [9.17, 15) is 18.0 Å². The minimum atomic E-state index is -3.58. The predicted octanol–water partition coefficient (Wildman–Crippen LogP) is -0.621. The van der Waals surface area contributed by atoms with Crippen LogP contribution in [0.2, 0.25) is 0 Å². The first kappa shape index (κ1) is 14.7. The molecule has 110 valence electrons. The van der Waals surface area contributed by atoms with Crippen molar-refractivity contribution in [3.05, 3.63) is 28.7 Å². The summed E-state index contributed by atoms with van der Waals surface area (Å²) in [5, 5.41) is 2.40. The van der Waals surface area contributed by atoms with Crippen molar-refractivity contribution >= 4 is 15.9 Å². The van der Waals surface area contributed by atoms with Crippen molar-refractivity contribution in [1.82, 2.24) is 14.2 Å². The largest absolute Gasteiger partial charge is 0.358 e. The average molecular weight is 299 g/mol. The fraction of sp³-hybridized carbons (Fsp3) is 0.500. The molecule has 0 aromatic carbocycles. The number of pyridine rings is 1. The number of carbonyl (C=O) groups is 1. The van der Waals surface area contributed by atoms with Gasteiger partial charge in [-0.2, -0.15) is 4.31 Å². The Kier molecular flexibility index (Phi) is 4.24. The highest BCUT2D eigenvalue weighted by atomic mass is 32.2. The smallest absolute Gasteiger partial charge is 0.251 e. The fourth-order valence-corrected chi connectivity index (χ4v) is 3.63. The number of nitrogens with zero attached hydrogens (tertiary/aromatic N) is 2. The van der Waals surface area contributed by atoms with Gasteiger partial charge in [0, 0.05) is 32.4 Å². The highest BCUT2D eigenvalue weighted by Crippen LogP contribution is 2.19. The molecule has 20 heavy (non-hydrogen) atoms. The van der Waals surface area contributed by atoms with Gasteiger partial charge in [0.2, 0.25) is 15.9 Å². The lowest BCUT2D eigenvalue weighted by Crippen LogP contribution is -2.32. The Balaban J connectivity index is 2.35. The van der Waals surface area contributed by atoms with Crippen molar-refractivity contribution in [3.63, 3.8) is 0 Å². The number of sulfonamides is 1. The first-order valence-electron chi connectivity index (χ1n) is 6.36. The van der Waals surface area contributed by atoms with E-state index in [4.69, 9.17) is 0 Å². The molecule has 0 radical (unpaired) electrons. The van der Waals surface area contributed by atoms with Gasteiger partial charge in [-0.15, -0.1) is 0 Å². The van der Waals surface area contributed by atoms with Crippen molar-refractivity contribution in [3.8, 4) is 0 Å². The third-order valence-corrected chi connectivity index (χ3v) is 5.13. The first-order valence-corrected chi connectivity index (χ1v) is 7.80. The van der Waals surface area contributed by atoms with Crippen LogP contribution < -0.4 is 10.9 Å². The molecule has 0 bridgehead atoms. The van der Waals surface area contributed by atoms with Gasteiger partial charge in [-0.25, -0.2) is 8.42 Å². The van der Waals surface area contributed by atoms with Crippen LogP contribution in [0, 0.1) is 0 Å². The molecule has 1 aromatic heterocycles. The van der Waals surface area contributed by atoms with Crippen LogP contribution in [0.15, 0.2) is 28.0 Å². The summed E-state index contributed by atoms with van der Waals surface area (Å²) in [7, 11) is -2.12. The summed E-state index contributed by atoms with van der Waals surface area (Å²) in [5.41, 5.74) is -0.408. The van der Waals surface area contributed by atoms with Gasteiger partial charge in [0.1, 0.15) is 6.54 Å². The van der Waals surface area contributed by atoms with Crippen LogP contribution in [0.1, 0.15) is 12.8 Å². The molecule has 1 fully saturated rings. The van der Waals surface area contributed by atoms with Crippen LogP contribution in [-0.4, -0.2) is 43.3 Å². The van der Waals surface area contributed by atoms with Gasteiger partial charge in [0.15, 0.2) is 0 Å². The summed E-state index contributed by atoms with van der Waals surface area (Å²) >= 11 is 0. The second-order valence-corrected chi connectivity index (χ2v) is 6.55. The molecule has 1 N–H and O–H groups in total. The molecule has 0 spiro atoms. The van der Waals surface area contributed by atoms with Crippen LogP contribution in [0.3, 0.4) is 0 Å². The van der Waals surface area contributed by atoms with Crippen LogP contribution >= 0.6 is 0 Å². The monoisotopic (exact) mass is 299 g/mol. The van der Waals surface area contributed by atoms with E-state index in [-0.39, 0.29) is 17.3 Å². The Hall–Kier alpha value is -1.67. The molecule has 0 saturated carbocycles. The minimum absolute atomic E-state index is 0.0444. The van der Waals surface area contributed by atoms with E-state index in [2.05, 4.69) is 5.32 Å². The molecule has 1 amide bonds. The van der Waals surface area contributed by atoms with Gasteiger partial charge in [-0.1, -0.05) is 0 Å². The van der Waals surface area contributed by atoms with E-state index in [1.165, 1.54) is 29.7 Å². The second-order valence-electron chi connectivity index (χ2n) is 4.62. The van der Waals surface area contributed by atoms with Gasteiger partial charge in [0.05, 0.1) is 4.90 Å². The Morgan fingerprint density at radius 1 is 1.30 bits per heavy atom. The zero-order valence-electron chi connectivity index (χ0n) is 11.2. The number of nitrogens with one attached hydrogen (secondary N) is 1. The molecule has 1 aliphatic heterocycles. The molecule has 0 aliphatic carbocycles. The molecule has 8 heteroatoms. The van der Waals surface area contributed by atoms with Crippen molar-refractivity contribution in [2.45, 2.75) is 24.3 Å². The maximum absolute atomic E-state index is 12.4. The third-order valence-electron chi connectivity index (χ3n) is 3.25. The molecule has 2 heterocycles. The summed E-state index contributed by atoms with van der Waals surface area (Å²) in [6, 6.07) is 2.46. The van der Waals surface area contributed by atoms with Gasteiger partial charge in [-0.05, 0) is 18.9 Å². The zero-order chi connectivity index (χ0) is 14.8. The van der Waals surface area contributed by atoms with Crippen LogP contribution in [-0.2, 0) is 21.4 Å². The van der Waals surface area contributed by atoms with Crippen LogP contribution in [0.25, 0.3) is 0 Å². The Morgan fingerprint density at radius 3 is 2.55 bits per heavy atom. The average Bonchev–Trinajstić information content (AvgIpc) is 2.95. The molecular formula is C12H17N3O4S. The number of aromatic nitrogens is 1. The highest BCUT2D eigenvalue weighted by molar-refractivity contribution is 7.89. The molecule has 0 unspecified atom stereocenters. The van der Waals surface area contributed by atoms with Crippen molar-refractivity contribution in [2.24, 2.45) is 0 Å². The van der Waals surface area contributed by atoms with Crippen LogP contribution in [0.5, 0.6) is 0 Å². The molecule has 2 rings (SSSR count). The number of carbonyl (C=O) groups excluding carboxylic acids is 1. The first-order chi connectivity index (χ1) is 9.45. The highest BCUT2D eigenvalue weighted by Gasteiger charge is 2.27. The van der Waals surface area contributed by atoms with Crippen molar-refractivity contribution < 1.29 is 13.2 Å². The third kappa shape index (κ3) is 2.91. The zero-order valence-corrected chi connectivity index (χ0v) is 12.0. The minimum Gasteiger partial charge on any atom is -0.358 e. The van der Waals surface area contributed by atoms with Crippen LogP contribution in [0.4, 0.5) is 0 Å². The number of amides is 1. The van der Waals surface area contributed by atoms with Gasteiger partial charge >= 0.3 is 0 Å². The lowest BCUT2D eigenvalue weighted by Gasteiger charge is -2.16. The van der Waals surface area contributed by atoms with E-state index in [1.54, 1.807) is 0 Å².